The van der Waals surface area contributed by atoms with Crippen LogP contribution in [0.15, 0.2) is 0 Å². The normalized spacial score (nSPS) is 2.00. The fourth-order valence-corrected chi connectivity index (χ4v) is 0. The second-order valence-corrected chi connectivity index (χ2v) is 0.500. The van der Waals surface area contributed by atoms with Gasteiger partial charge in [0.25, 0.3) is 0 Å². The van der Waals surface area contributed by atoms with E-state index in [4.69, 9.17) is 0 Å². The molecule has 0 atom stereocenters. The summed E-state index contributed by atoms with van der Waals surface area (Å²) in [7, 11) is 0. The fourth-order valence-electron chi connectivity index (χ4n) is 0. The molecule has 0 bridgehead atoms. The zero-order valence-electron chi connectivity index (χ0n) is 5.65. The minimum atomic E-state index is 0. The summed E-state index contributed by atoms with van der Waals surface area (Å²) in [5.41, 5.74) is 0. The van der Waals surface area contributed by atoms with Crippen LogP contribution in [-0.4, -0.2) is 0 Å². The van der Waals surface area contributed by atoms with E-state index in [2.05, 4.69) is 6.92 Å². The van der Waals surface area contributed by atoms with Gasteiger partial charge < -0.3 is 37.7 Å². The Kier molecular flexibility index (Phi) is 2900. The van der Waals surface area contributed by atoms with Crippen LogP contribution in [0.5, 0.6) is 0 Å². The molecule has 5 nitrogen and oxygen atoms in total. The second kappa shape index (κ2) is 229. The maximum atomic E-state index is 3.49. The standard InChI is InChI=1S/C3H7.5H2N.Ru/c1-3-2;;;;;;/h1,3H2,2H3;5*1H2;/q6*-1;+8. The molecule has 0 unspecified atom stereocenters. The predicted octanol–water partition coefficient (Wildman–Crippen LogP) is 4.81. The molecule has 0 radical (unpaired) electrons. The zero-order chi connectivity index (χ0) is 2.71. The maximum absolute atomic E-state index is 3.49. The Hall–Kier alpha value is 0.423. The van der Waals surface area contributed by atoms with Crippen LogP contribution in [-0.2, 0) is 19.5 Å². The average Bonchev–Trinajstić information content (AvgIpc) is 0.918. The summed E-state index contributed by atoms with van der Waals surface area (Å²) >= 11 is 0. The largest absolute Gasteiger partial charge is 8.00 e. The minimum absolute atomic E-state index is 0. The van der Waals surface area contributed by atoms with Gasteiger partial charge in [-0.15, -0.1) is 0 Å². The quantitative estimate of drug-likeness (QED) is 0.406. The number of hydrogen-bond acceptors (Lipinski definition) is 0. The van der Waals surface area contributed by atoms with E-state index in [-0.39, 0.29) is 50.2 Å². The fraction of sp³-hybridized carbons (Fsp3) is 0.667. The van der Waals surface area contributed by atoms with Crippen molar-refractivity contribution in [3.63, 3.8) is 0 Å². The molecule has 0 heterocycles. The van der Waals surface area contributed by atoms with E-state index in [9.17, 15) is 0 Å². The van der Waals surface area contributed by atoms with E-state index in [0.717, 1.165) is 6.42 Å². The molecule has 6 heteroatoms. The summed E-state index contributed by atoms with van der Waals surface area (Å²) in [6, 6.07) is 0. The summed E-state index contributed by atoms with van der Waals surface area (Å²) in [5.74, 6) is 0. The Bertz CT molecular complexity index is 12.2. The van der Waals surface area contributed by atoms with E-state index in [1.807, 2.05) is 6.92 Å². The Morgan fingerprint density at radius 1 is 0.889 bits per heavy atom. The summed E-state index contributed by atoms with van der Waals surface area (Å²) in [6.45, 7) is 5.50. The Balaban J connectivity index is -0.00000000133. The van der Waals surface area contributed by atoms with E-state index in [1.54, 1.807) is 0 Å². The van der Waals surface area contributed by atoms with Gasteiger partial charge >= 0.3 is 19.5 Å². The maximum Gasteiger partial charge on any atom is 8.00 e. The van der Waals surface area contributed by atoms with Crippen LogP contribution in [0, 0.1) is 6.92 Å². The first-order valence-corrected chi connectivity index (χ1v) is 1.21. The van der Waals surface area contributed by atoms with Gasteiger partial charge in [-0.3, -0.25) is 0 Å². The van der Waals surface area contributed by atoms with Crippen LogP contribution >= 0.6 is 0 Å². The van der Waals surface area contributed by atoms with Gasteiger partial charge in [0.15, 0.2) is 0 Å². The molecule has 0 saturated carbocycles. The van der Waals surface area contributed by atoms with Gasteiger partial charge in [-0.25, -0.2) is 0 Å². The van der Waals surface area contributed by atoms with Gasteiger partial charge in [0.1, 0.15) is 0 Å². The number of rotatable bonds is 0. The molecule has 0 aromatic heterocycles. The monoisotopic (exact) mass is 225 g/mol. The van der Waals surface area contributed by atoms with Crippen molar-refractivity contribution in [3.05, 3.63) is 37.7 Å². The summed E-state index contributed by atoms with van der Waals surface area (Å²) < 4.78 is 0. The molecule has 0 aliphatic heterocycles. The summed E-state index contributed by atoms with van der Waals surface area (Å²) in [5, 5.41) is 0. The minimum Gasteiger partial charge on any atom is -0.693 e. The van der Waals surface area contributed by atoms with Crippen molar-refractivity contribution in [1.82, 2.24) is 0 Å². The Morgan fingerprint density at radius 2 is 0.889 bits per heavy atom. The molecule has 0 saturated heterocycles. The molecule has 0 amide bonds. The molecule has 0 rings (SSSR count). The first-order valence-electron chi connectivity index (χ1n) is 1.21. The molecule has 9 heavy (non-hydrogen) atoms. The number of nitrogens with two attached hydrogens (primary N) is 5. The van der Waals surface area contributed by atoms with E-state index >= 15 is 0 Å². The smallest absolute Gasteiger partial charge is 0.693 e. The van der Waals surface area contributed by atoms with Crippen LogP contribution < -0.4 is 0 Å². The van der Waals surface area contributed by atoms with Crippen LogP contribution in [0.4, 0.5) is 0 Å². The van der Waals surface area contributed by atoms with E-state index in [0.29, 0.717) is 0 Å². The third-order valence-corrected chi connectivity index (χ3v) is 0. The molecule has 0 aromatic rings. The van der Waals surface area contributed by atoms with E-state index < -0.39 is 0 Å². The Morgan fingerprint density at radius 3 is 0.889 bits per heavy atom. The molecular formula is C3H17N5Ru+2. The molecule has 0 aliphatic carbocycles. The van der Waals surface area contributed by atoms with Crippen molar-refractivity contribution in [2.75, 3.05) is 0 Å². The molecule has 0 aliphatic rings. The topological polar surface area (TPSA) is 168 Å². The summed E-state index contributed by atoms with van der Waals surface area (Å²) in [6.07, 6.45) is 1.00. The van der Waals surface area contributed by atoms with Crippen LogP contribution in [0.3, 0.4) is 0 Å². The van der Waals surface area contributed by atoms with Gasteiger partial charge in [0, 0.05) is 0 Å². The summed E-state index contributed by atoms with van der Waals surface area (Å²) in [4.78, 5) is 0. The molecule has 0 spiro atoms. The molecular weight excluding hydrogens is 207 g/mol. The van der Waals surface area contributed by atoms with Crippen LogP contribution in [0.1, 0.15) is 13.3 Å². The van der Waals surface area contributed by atoms with Crippen molar-refractivity contribution in [2.24, 2.45) is 0 Å². The van der Waals surface area contributed by atoms with Crippen molar-refractivity contribution >= 4 is 0 Å². The third-order valence-electron chi connectivity index (χ3n) is 0. The SMILES string of the molecule is [CH2-]CC.[NH2-].[NH2-].[NH2-].[NH2-].[NH2-].[Ru+8]. The van der Waals surface area contributed by atoms with Crippen LogP contribution in [0.25, 0.3) is 30.8 Å². The van der Waals surface area contributed by atoms with Gasteiger partial charge in [-0.05, 0) is 0 Å². The van der Waals surface area contributed by atoms with E-state index in [1.165, 1.54) is 0 Å². The van der Waals surface area contributed by atoms with Gasteiger partial charge in [-0.1, -0.05) is 6.92 Å². The van der Waals surface area contributed by atoms with Crippen LogP contribution in [0.2, 0.25) is 0 Å². The average molecular weight is 224 g/mol. The Labute approximate surface area is 71.0 Å². The van der Waals surface area contributed by atoms with Crippen molar-refractivity contribution in [2.45, 2.75) is 13.3 Å². The van der Waals surface area contributed by atoms with Gasteiger partial charge in [0.05, 0.1) is 0 Å². The van der Waals surface area contributed by atoms with Crippen molar-refractivity contribution in [1.29, 1.82) is 0 Å². The second-order valence-electron chi connectivity index (χ2n) is 0.500. The van der Waals surface area contributed by atoms with Crippen molar-refractivity contribution < 1.29 is 19.5 Å². The molecule has 0 aromatic carbocycles. The zero-order valence-corrected chi connectivity index (χ0v) is 7.39. The van der Waals surface area contributed by atoms with Gasteiger partial charge in [-0.2, -0.15) is 6.42 Å². The molecule has 60 valence electrons. The third kappa shape index (κ3) is 1940. The first-order chi connectivity index (χ1) is 1.41. The first kappa shape index (κ1) is 114. The molecule has 0 fully saturated rings. The molecule has 10 N–H and O–H groups in total. The van der Waals surface area contributed by atoms with Crippen molar-refractivity contribution in [3.8, 4) is 0 Å². The number of hydrogen-bond donors (Lipinski definition) is 0. The predicted molar refractivity (Wildman–Crippen MR) is 42.1 cm³/mol. The van der Waals surface area contributed by atoms with Gasteiger partial charge in [0.2, 0.25) is 0 Å².